The van der Waals surface area contributed by atoms with E-state index in [1.165, 1.54) is 30.3 Å². The molecule has 29 heavy (non-hydrogen) atoms. The Hall–Kier alpha value is -2.57. The zero-order valence-electron chi connectivity index (χ0n) is 15.4. The number of hydrogen-bond donors (Lipinski definition) is 2. The normalized spacial score (nSPS) is 18.7. The fourth-order valence-corrected chi connectivity index (χ4v) is 3.92. The number of carboxylic acids is 1. The summed E-state index contributed by atoms with van der Waals surface area (Å²) in [6.45, 7) is 0. The lowest BCUT2D eigenvalue weighted by atomic mass is 9.78. The summed E-state index contributed by atoms with van der Waals surface area (Å²) < 4.78 is 5.26. The Morgan fingerprint density at radius 2 is 1.52 bits per heavy atom. The summed E-state index contributed by atoms with van der Waals surface area (Å²) in [5, 5.41) is 12.8. The predicted octanol–water partition coefficient (Wildman–Crippen LogP) is 5.04. The Kier molecular flexibility index (Phi) is 6.77. The van der Waals surface area contributed by atoms with Crippen LogP contribution in [0, 0.1) is 11.8 Å². The number of aliphatic carboxylic acids is 1. The summed E-state index contributed by atoms with van der Waals surface area (Å²) >= 11 is 11.8. The van der Waals surface area contributed by atoms with Crippen molar-refractivity contribution < 1.29 is 24.2 Å². The summed E-state index contributed by atoms with van der Waals surface area (Å²) in [4.78, 5) is 36.2. The van der Waals surface area contributed by atoms with E-state index in [1.807, 2.05) is 0 Å². The van der Waals surface area contributed by atoms with Gasteiger partial charge in [0.15, 0.2) is 0 Å². The second-order valence-corrected chi connectivity index (χ2v) is 7.77. The standard InChI is InChI=1S/C21H19Cl2NO5/c22-13-9-14(23)11-16(10-13)29-21(28)12-5-7-15(8-6-12)24-19(25)17-3-1-2-4-18(17)20(26)27/h5-11,17-18H,1-4H2,(H,24,25)(H,26,27). The van der Waals surface area contributed by atoms with Crippen LogP contribution in [0.2, 0.25) is 10.0 Å². The van der Waals surface area contributed by atoms with Gasteiger partial charge in [-0.15, -0.1) is 0 Å². The van der Waals surface area contributed by atoms with Crippen LogP contribution in [0.5, 0.6) is 5.75 Å². The summed E-state index contributed by atoms with van der Waals surface area (Å²) in [7, 11) is 0. The van der Waals surface area contributed by atoms with Crippen LogP contribution in [-0.2, 0) is 9.59 Å². The van der Waals surface area contributed by atoms with E-state index in [0.29, 0.717) is 28.6 Å². The number of carbonyl (C=O) groups excluding carboxylic acids is 2. The Morgan fingerprint density at radius 3 is 2.10 bits per heavy atom. The van der Waals surface area contributed by atoms with Gasteiger partial charge in [0.2, 0.25) is 5.91 Å². The number of esters is 1. The van der Waals surface area contributed by atoms with Crippen molar-refractivity contribution in [3.05, 3.63) is 58.1 Å². The number of ether oxygens (including phenoxy) is 1. The Balaban J connectivity index is 1.64. The van der Waals surface area contributed by atoms with Crippen molar-refractivity contribution in [2.24, 2.45) is 11.8 Å². The monoisotopic (exact) mass is 435 g/mol. The largest absolute Gasteiger partial charge is 0.481 e. The summed E-state index contributed by atoms with van der Waals surface area (Å²) in [5.41, 5.74) is 0.757. The van der Waals surface area contributed by atoms with Crippen LogP contribution in [0.25, 0.3) is 0 Å². The van der Waals surface area contributed by atoms with E-state index in [0.717, 1.165) is 12.8 Å². The lowest BCUT2D eigenvalue weighted by molar-refractivity contribution is -0.147. The molecule has 0 aliphatic heterocycles. The fraction of sp³-hybridized carbons (Fsp3) is 0.286. The SMILES string of the molecule is O=C(Oc1cc(Cl)cc(Cl)c1)c1ccc(NC(=O)C2CCCCC2C(=O)O)cc1. The lowest BCUT2D eigenvalue weighted by Crippen LogP contribution is -2.36. The van der Waals surface area contributed by atoms with Crippen molar-refractivity contribution in [1.82, 2.24) is 0 Å². The molecule has 1 fully saturated rings. The molecular weight excluding hydrogens is 417 g/mol. The van der Waals surface area contributed by atoms with Crippen molar-refractivity contribution in [2.75, 3.05) is 5.32 Å². The number of carboxylic acid groups (broad SMARTS) is 1. The molecule has 0 spiro atoms. The minimum Gasteiger partial charge on any atom is -0.481 e. The van der Waals surface area contributed by atoms with Gasteiger partial charge in [-0.25, -0.2) is 4.79 Å². The lowest BCUT2D eigenvalue weighted by Gasteiger charge is -2.27. The van der Waals surface area contributed by atoms with Gasteiger partial charge >= 0.3 is 11.9 Å². The highest BCUT2D eigenvalue weighted by molar-refractivity contribution is 6.34. The number of amides is 1. The Morgan fingerprint density at radius 1 is 0.931 bits per heavy atom. The average Bonchev–Trinajstić information content (AvgIpc) is 2.67. The van der Waals surface area contributed by atoms with E-state index >= 15 is 0 Å². The molecular formula is C21H19Cl2NO5. The molecule has 2 unspecified atom stereocenters. The second-order valence-electron chi connectivity index (χ2n) is 6.90. The third-order valence-corrected chi connectivity index (χ3v) is 5.29. The van der Waals surface area contributed by atoms with Gasteiger partial charge in [-0.05, 0) is 55.3 Å². The van der Waals surface area contributed by atoms with Gasteiger partial charge < -0.3 is 15.2 Å². The zero-order chi connectivity index (χ0) is 21.0. The van der Waals surface area contributed by atoms with Gasteiger partial charge in [0.25, 0.3) is 0 Å². The van der Waals surface area contributed by atoms with Crippen molar-refractivity contribution in [3.63, 3.8) is 0 Å². The molecule has 2 aromatic rings. The van der Waals surface area contributed by atoms with E-state index in [-0.39, 0.29) is 17.2 Å². The molecule has 2 N–H and O–H groups in total. The Bertz CT molecular complexity index is 909. The summed E-state index contributed by atoms with van der Waals surface area (Å²) in [5.74, 6) is -2.85. The Labute approximate surface area is 177 Å². The molecule has 2 aromatic carbocycles. The smallest absolute Gasteiger partial charge is 0.343 e. The molecule has 1 aliphatic carbocycles. The van der Waals surface area contributed by atoms with E-state index in [1.54, 1.807) is 12.1 Å². The van der Waals surface area contributed by atoms with Crippen LogP contribution in [0.1, 0.15) is 36.0 Å². The highest BCUT2D eigenvalue weighted by Gasteiger charge is 2.35. The molecule has 1 saturated carbocycles. The van der Waals surface area contributed by atoms with Gasteiger partial charge in [0, 0.05) is 15.7 Å². The minimum absolute atomic E-state index is 0.224. The zero-order valence-corrected chi connectivity index (χ0v) is 16.9. The van der Waals surface area contributed by atoms with Crippen molar-refractivity contribution in [1.29, 1.82) is 0 Å². The second kappa shape index (κ2) is 9.29. The average molecular weight is 436 g/mol. The molecule has 0 saturated heterocycles. The quantitative estimate of drug-likeness (QED) is 0.506. The first-order chi connectivity index (χ1) is 13.8. The van der Waals surface area contributed by atoms with Gasteiger partial charge in [-0.3, -0.25) is 9.59 Å². The number of anilines is 1. The predicted molar refractivity (Wildman–Crippen MR) is 110 cm³/mol. The molecule has 1 amide bonds. The molecule has 3 rings (SSSR count). The minimum atomic E-state index is -0.941. The maximum atomic E-state index is 12.5. The number of benzene rings is 2. The van der Waals surface area contributed by atoms with E-state index in [2.05, 4.69) is 5.32 Å². The van der Waals surface area contributed by atoms with Crippen LogP contribution in [0.3, 0.4) is 0 Å². The number of rotatable bonds is 5. The van der Waals surface area contributed by atoms with Crippen molar-refractivity contribution >= 4 is 46.7 Å². The topological polar surface area (TPSA) is 92.7 Å². The molecule has 1 aliphatic rings. The first-order valence-electron chi connectivity index (χ1n) is 9.15. The number of halogens is 2. The van der Waals surface area contributed by atoms with Gasteiger partial charge in [0.05, 0.1) is 17.4 Å². The first-order valence-corrected chi connectivity index (χ1v) is 9.91. The maximum absolute atomic E-state index is 12.5. The summed E-state index contributed by atoms with van der Waals surface area (Å²) in [6, 6.07) is 10.6. The number of carbonyl (C=O) groups is 3. The van der Waals surface area contributed by atoms with Gasteiger partial charge in [0.1, 0.15) is 5.75 Å². The van der Waals surface area contributed by atoms with Gasteiger partial charge in [-0.2, -0.15) is 0 Å². The number of nitrogens with one attached hydrogen (secondary N) is 1. The van der Waals surface area contributed by atoms with E-state index in [4.69, 9.17) is 27.9 Å². The number of hydrogen-bond acceptors (Lipinski definition) is 4. The van der Waals surface area contributed by atoms with Crippen LogP contribution in [0.4, 0.5) is 5.69 Å². The fourth-order valence-electron chi connectivity index (χ4n) is 3.42. The van der Waals surface area contributed by atoms with Crippen molar-refractivity contribution in [3.8, 4) is 5.75 Å². The molecule has 2 atom stereocenters. The van der Waals surface area contributed by atoms with E-state index in [9.17, 15) is 19.5 Å². The maximum Gasteiger partial charge on any atom is 0.343 e. The highest BCUT2D eigenvalue weighted by Crippen LogP contribution is 2.31. The highest BCUT2D eigenvalue weighted by atomic mass is 35.5. The molecule has 8 heteroatoms. The molecule has 0 heterocycles. The molecule has 0 radical (unpaired) electrons. The van der Waals surface area contributed by atoms with Crippen LogP contribution >= 0.6 is 23.2 Å². The van der Waals surface area contributed by atoms with Gasteiger partial charge in [-0.1, -0.05) is 36.0 Å². The molecule has 6 nitrogen and oxygen atoms in total. The van der Waals surface area contributed by atoms with Crippen LogP contribution < -0.4 is 10.1 Å². The van der Waals surface area contributed by atoms with Crippen molar-refractivity contribution in [2.45, 2.75) is 25.7 Å². The summed E-state index contributed by atoms with van der Waals surface area (Å²) in [6.07, 6.45) is 2.71. The third kappa shape index (κ3) is 5.49. The van der Waals surface area contributed by atoms with Crippen LogP contribution in [-0.4, -0.2) is 23.0 Å². The molecule has 0 bridgehead atoms. The third-order valence-electron chi connectivity index (χ3n) is 4.85. The van der Waals surface area contributed by atoms with Crippen LogP contribution in [0.15, 0.2) is 42.5 Å². The van der Waals surface area contributed by atoms with E-state index < -0.39 is 23.8 Å². The molecule has 0 aromatic heterocycles. The first kappa shape index (κ1) is 21.1. The molecule has 152 valence electrons.